The molecule has 1 rings (SSSR count). The van der Waals surface area contributed by atoms with Gasteiger partial charge in [-0.3, -0.25) is 4.79 Å². The van der Waals surface area contributed by atoms with Crippen LogP contribution in [0.4, 0.5) is 0 Å². The van der Waals surface area contributed by atoms with Crippen LogP contribution in [0.2, 0.25) is 0 Å². The minimum Gasteiger partial charge on any atom is -0.481 e. The number of pyridine rings is 1. The summed E-state index contributed by atoms with van der Waals surface area (Å²) in [5.74, 6) is -0.910. The lowest BCUT2D eigenvalue weighted by Gasteiger charge is -2.13. The van der Waals surface area contributed by atoms with Gasteiger partial charge in [0.2, 0.25) is 0 Å². The van der Waals surface area contributed by atoms with Crippen molar-refractivity contribution in [1.29, 1.82) is 0 Å². The normalized spacial score (nSPS) is 12.5. The van der Waals surface area contributed by atoms with Gasteiger partial charge in [0.05, 0.1) is 6.42 Å². The number of carboxylic acid groups (broad SMARTS) is 1. The van der Waals surface area contributed by atoms with Gasteiger partial charge < -0.3 is 10.8 Å². The van der Waals surface area contributed by atoms with E-state index >= 15 is 0 Å². The van der Waals surface area contributed by atoms with Gasteiger partial charge in [-0.2, -0.15) is 0 Å². The molecular formula is C9H11BrN2O2. The number of nitrogens with zero attached hydrogens (tertiary/aromatic N) is 1. The Labute approximate surface area is 90.3 Å². The van der Waals surface area contributed by atoms with E-state index in [1.807, 2.05) is 13.0 Å². The van der Waals surface area contributed by atoms with E-state index in [-0.39, 0.29) is 6.42 Å². The second kappa shape index (κ2) is 4.52. The molecule has 0 saturated carbocycles. The molecule has 0 bridgehead atoms. The largest absolute Gasteiger partial charge is 0.481 e. The van der Waals surface area contributed by atoms with E-state index in [1.165, 1.54) is 0 Å². The highest BCUT2D eigenvalue weighted by Crippen LogP contribution is 2.25. The van der Waals surface area contributed by atoms with Crippen molar-refractivity contribution < 1.29 is 9.90 Å². The Morgan fingerprint density at radius 3 is 2.93 bits per heavy atom. The van der Waals surface area contributed by atoms with Gasteiger partial charge in [-0.05, 0) is 34.5 Å². The molecule has 76 valence electrons. The van der Waals surface area contributed by atoms with Gasteiger partial charge in [-0.1, -0.05) is 0 Å². The van der Waals surface area contributed by atoms with Gasteiger partial charge in [0, 0.05) is 17.8 Å². The summed E-state index contributed by atoms with van der Waals surface area (Å²) < 4.78 is 0.617. The first-order chi connectivity index (χ1) is 6.52. The number of aromatic nitrogens is 1. The zero-order chi connectivity index (χ0) is 10.7. The quantitative estimate of drug-likeness (QED) is 0.809. The maximum atomic E-state index is 10.5. The van der Waals surface area contributed by atoms with Gasteiger partial charge in [-0.25, -0.2) is 4.98 Å². The van der Waals surface area contributed by atoms with Crippen molar-refractivity contribution in [2.45, 2.75) is 19.4 Å². The molecule has 0 aliphatic heterocycles. The highest BCUT2D eigenvalue weighted by Gasteiger charge is 2.16. The minimum atomic E-state index is -0.910. The average molecular weight is 259 g/mol. The monoisotopic (exact) mass is 258 g/mol. The zero-order valence-corrected chi connectivity index (χ0v) is 9.28. The Hall–Kier alpha value is -0.940. The number of aryl methyl sites for hydroxylation is 1. The number of carbonyl (C=O) groups is 1. The van der Waals surface area contributed by atoms with Gasteiger partial charge in [0.25, 0.3) is 0 Å². The predicted molar refractivity (Wildman–Crippen MR) is 55.9 cm³/mol. The lowest BCUT2D eigenvalue weighted by atomic mass is 10.0. The fourth-order valence-corrected chi connectivity index (χ4v) is 2.00. The number of aliphatic carboxylic acids is 1. The SMILES string of the molecule is Cc1ccnc(Br)c1C(N)CC(=O)O. The molecule has 5 heteroatoms. The highest BCUT2D eigenvalue weighted by molar-refractivity contribution is 9.10. The van der Waals surface area contributed by atoms with Crippen molar-refractivity contribution in [2.75, 3.05) is 0 Å². The van der Waals surface area contributed by atoms with Crippen molar-refractivity contribution in [3.05, 3.63) is 28.0 Å². The van der Waals surface area contributed by atoms with Crippen molar-refractivity contribution in [3.8, 4) is 0 Å². The van der Waals surface area contributed by atoms with Crippen LogP contribution in [0, 0.1) is 6.92 Å². The van der Waals surface area contributed by atoms with Crippen molar-refractivity contribution in [2.24, 2.45) is 5.73 Å². The number of halogens is 1. The summed E-state index contributed by atoms with van der Waals surface area (Å²) in [5, 5.41) is 8.61. The van der Waals surface area contributed by atoms with Crippen molar-refractivity contribution in [3.63, 3.8) is 0 Å². The fourth-order valence-electron chi connectivity index (χ4n) is 1.27. The lowest BCUT2D eigenvalue weighted by molar-refractivity contribution is -0.137. The second-order valence-electron chi connectivity index (χ2n) is 3.04. The fraction of sp³-hybridized carbons (Fsp3) is 0.333. The molecule has 0 aromatic carbocycles. The number of hydrogen-bond acceptors (Lipinski definition) is 3. The highest BCUT2D eigenvalue weighted by atomic mass is 79.9. The molecule has 0 spiro atoms. The Bertz CT molecular complexity index is 334. The maximum Gasteiger partial charge on any atom is 0.305 e. The summed E-state index contributed by atoms with van der Waals surface area (Å²) in [4.78, 5) is 14.5. The topological polar surface area (TPSA) is 76.2 Å². The van der Waals surface area contributed by atoms with Crippen LogP contribution in [0.15, 0.2) is 16.9 Å². The molecule has 0 aliphatic rings. The summed E-state index contributed by atoms with van der Waals surface area (Å²) in [7, 11) is 0. The molecule has 1 aromatic rings. The molecule has 1 aromatic heterocycles. The molecule has 1 atom stereocenters. The average Bonchev–Trinajstić information content (AvgIpc) is 2.01. The molecule has 1 unspecified atom stereocenters. The molecule has 0 aliphatic carbocycles. The third kappa shape index (κ3) is 2.52. The first kappa shape index (κ1) is 11.1. The van der Waals surface area contributed by atoms with E-state index in [9.17, 15) is 4.79 Å². The standard InChI is InChI=1S/C9H11BrN2O2/c1-5-2-3-12-9(10)8(5)6(11)4-7(13)14/h2-3,6H,4,11H2,1H3,(H,13,14). The van der Waals surface area contributed by atoms with Gasteiger partial charge in [0.1, 0.15) is 4.60 Å². The van der Waals surface area contributed by atoms with Gasteiger partial charge >= 0.3 is 5.97 Å². The summed E-state index contributed by atoms with van der Waals surface area (Å²) >= 11 is 3.25. The van der Waals surface area contributed by atoms with Gasteiger partial charge in [-0.15, -0.1) is 0 Å². The zero-order valence-electron chi connectivity index (χ0n) is 7.70. The maximum absolute atomic E-state index is 10.5. The minimum absolute atomic E-state index is 0.0921. The van der Waals surface area contributed by atoms with Crippen LogP contribution < -0.4 is 5.73 Å². The summed E-state index contributed by atoms with van der Waals surface area (Å²) in [6.45, 7) is 1.88. The number of hydrogen-bond donors (Lipinski definition) is 2. The summed E-state index contributed by atoms with van der Waals surface area (Å²) in [5.41, 5.74) is 7.45. The smallest absolute Gasteiger partial charge is 0.305 e. The Morgan fingerprint density at radius 2 is 2.43 bits per heavy atom. The third-order valence-electron chi connectivity index (χ3n) is 1.92. The Balaban J connectivity index is 2.99. The van der Waals surface area contributed by atoms with Gasteiger partial charge in [0.15, 0.2) is 0 Å². The molecule has 0 saturated heterocycles. The van der Waals surface area contributed by atoms with E-state index < -0.39 is 12.0 Å². The van der Waals surface area contributed by atoms with Crippen LogP contribution in [-0.2, 0) is 4.79 Å². The Morgan fingerprint density at radius 1 is 1.79 bits per heavy atom. The first-order valence-electron chi connectivity index (χ1n) is 4.10. The first-order valence-corrected chi connectivity index (χ1v) is 4.90. The predicted octanol–water partition coefficient (Wildman–Crippen LogP) is 1.63. The van der Waals surface area contributed by atoms with E-state index in [4.69, 9.17) is 10.8 Å². The molecule has 3 N–H and O–H groups in total. The molecule has 14 heavy (non-hydrogen) atoms. The van der Waals surface area contributed by atoms with Crippen LogP contribution in [0.5, 0.6) is 0 Å². The molecule has 0 radical (unpaired) electrons. The number of nitrogens with two attached hydrogens (primary N) is 1. The lowest BCUT2D eigenvalue weighted by Crippen LogP contribution is -2.17. The van der Waals surface area contributed by atoms with E-state index in [0.29, 0.717) is 4.60 Å². The van der Waals surface area contributed by atoms with Crippen molar-refractivity contribution >= 4 is 21.9 Å². The third-order valence-corrected chi connectivity index (χ3v) is 2.56. The second-order valence-corrected chi connectivity index (χ2v) is 3.79. The molecule has 1 heterocycles. The van der Waals surface area contributed by atoms with Crippen LogP contribution in [0.1, 0.15) is 23.6 Å². The van der Waals surface area contributed by atoms with Crippen LogP contribution in [0.25, 0.3) is 0 Å². The molecule has 0 amide bonds. The van der Waals surface area contributed by atoms with E-state index in [2.05, 4.69) is 20.9 Å². The molecule has 4 nitrogen and oxygen atoms in total. The molecular weight excluding hydrogens is 248 g/mol. The summed E-state index contributed by atoms with van der Waals surface area (Å²) in [6.07, 6.45) is 1.56. The number of rotatable bonds is 3. The van der Waals surface area contributed by atoms with Crippen LogP contribution in [-0.4, -0.2) is 16.1 Å². The van der Waals surface area contributed by atoms with Crippen molar-refractivity contribution in [1.82, 2.24) is 4.98 Å². The van der Waals surface area contributed by atoms with Crippen LogP contribution >= 0.6 is 15.9 Å². The Kier molecular flexibility index (Phi) is 3.60. The number of carboxylic acids is 1. The van der Waals surface area contributed by atoms with Crippen LogP contribution in [0.3, 0.4) is 0 Å². The summed E-state index contributed by atoms with van der Waals surface area (Å²) in [6, 6.07) is 1.29. The van der Waals surface area contributed by atoms with E-state index in [1.54, 1.807) is 6.20 Å². The molecule has 0 fully saturated rings. The van der Waals surface area contributed by atoms with E-state index in [0.717, 1.165) is 11.1 Å².